The summed E-state index contributed by atoms with van der Waals surface area (Å²) in [6.07, 6.45) is 2.49. The third-order valence-corrected chi connectivity index (χ3v) is 6.35. The molecule has 3 rings (SSSR count). The van der Waals surface area contributed by atoms with Gasteiger partial charge >= 0.3 is 0 Å². The van der Waals surface area contributed by atoms with Gasteiger partial charge in [-0.15, -0.1) is 6.58 Å². The standard InChI is InChI=1S/C23H29NO/c1-5-16-23(25)17(2)21(19-12-8-6-9-13-19)24(4)22(18(23)3)20-14-10-7-11-15-20/h5-15,17-18,21-22,25H,1,16H2,2-4H3/p+1/t17-,18-,21-,22-/m0/s1. The summed E-state index contributed by atoms with van der Waals surface area (Å²) in [7, 11) is 2.27. The summed E-state index contributed by atoms with van der Waals surface area (Å²) < 4.78 is 0. The van der Waals surface area contributed by atoms with Gasteiger partial charge in [0.1, 0.15) is 12.1 Å². The van der Waals surface area contributed by atoms with E-state index in [2.05, 4.69) is 88.1 Å². The van der Waals surface area contributed by atoms with Crippen molar-refractivity contribution >= 4 is 0 Å². The van der Waals surface area contributed by atoms with Gasteiger partial charge in [-0.25, -0.2) is 0 Å². The van der Waals surface area contributed by atoms with Crippen molar-refractivity contribution in [2.45, 2.75) is 38.0 Å². The van der Waals surface area contributed by atoms with Crippen molar-refractivity contribution in [2.24, 2.45) is 11.8 Å². The Labute approximate surface area is 151 Å². The number of hydrogen-bond acceptors (Lipinski definition) is 1. The summed E-state index contributed by atoms with van der Waals surface area (Å²) in [5.41, 5.74) is 1.83. The van der Waals surface area contributed by atoms with Gasteiger partial charge in [0.2, 0.25) is 0 Å². The van der Waals surface area contributed by atoms with Crippen LogP contribution < -0.4 is 4.90 Å². The fourth-order valence-electron chi connectivity index (χ4n) is 5.00. The Bertz CT molecular complexity index is 643. The summed E-state index contributed by atoms with van der Waals surface area (Å²) in [5, 5.41) is 11.7. The van der Waals surface area contributed by atoms with E-state index >= 15 is 0 Å². The van der Waals surface area contributed by atoms with Gasteiger partial charge in [-0.05, 0) is 6.42 Å². The van der Waals surface area contributed by atoms with Gasteiger partial charge in [-0.1, -0.05) is 80.6 Å². The van der Waals surface area contributed by atoms with Crippen molar-refractivity contribution in [3.63, 3.8) is 0 Å². The number of aliphatic hydroxyl groups is 1. The van der Waals surface area contributed by atoms with Crippen molar-refractivity contribution in [3.05, 3.63) is 84.4 Å². The highest BCUT2D eigenvalue weighted by molar-refractivity contribution is 5.24. The molecule has 0 saturated carbocycles. The van der Waals surface area contributed by atoms with E-state index in [0.29, 0.717) is 6.42 Å². The maximum atomic E-state index is 11.7. The highest BCUT2D eigenvalue weighted by Gasteiger charge is 2.56. The lowest BCUT2D eigenvalue weighted by atomic mass is 9.64. The summed E-state index contributed by atoms with van der Waals surface area (Å²) >= 11 is 0. The molecule has 2 aromatic carbocycles. The fourth-order valence-corrected chi connectivity index (χ4v) is 5.00. The van der Waals surface area contributed by atoms with Crippen LogP contribution in [-0.2, 0) is 0 Å². The summed E-state index contributed by atoms with van der Waals surface area (Å²) in [4.78, 5) is 1.45. The minimum absolute atomic E-state index is 0.142. The van der Waals surface area contributed by atoms with E-state index < -0.39 is 5.60 Å². The van der Waals surface area contributed by atoms with Crippen LogP contribution in [0.1, 0.15) is 43.5 Å². The van der Waals surface area contributed by atoms with Gasteiger partial charge in [-0.3, -0.25) is 0 Å². The molecule has 0 aliphatic carbocycles. The topological polar surface area (TPSA) is 24.7 Å². The average molecular weight is 336 g/mol. The average Bonchev–Trinajstić information content (AvgIpc) is 2.63. The minimum atomic E-state index is -0.762. The molecule has 1 fully saturated rings. The second-order valence-electron chi connectivity index (χ2n) is 7.58. The highest BCUT2D eigenvalue weighted by Crippen LogP contribution is 2.45. The predicted molar refractivity (Wildman–Crippen MR) is 103 cm³/mol. The predicted octanol–water partition coefficient (Wildman–Crippen LogP) is 3.58. The molecular weight excluding hydrogens is 306 g/mol. The summed E-state index contributed by atoms with van der Waals surface area (Å²) in [5.74, 6) is 0.283. The molecule has 0 spiro atoms. The van der Waals surface area contributed by atoms with Crippen LogP contribution in [0.15, 0.2) is 73.3 Å². The summed E-state index contributed by atoms with van der Waals surface area (Å²) in [6.45, 7) is 8.31. The zero-order valence-electron chi connectivity index (χ0n) is 15.5. The first-order chi connectivity index (χ1) is 12.0. The minimum Gasteiger partial charge on any atom is -0.388 e. The molecule has 25 heavy (non-hydrogen) atoms. The van der Waals surface area contributed by atoms with Crippen LogP contribution in [0, 0.1) is 11.8 Å². The van der Waals surface area contributed by atoms with Gasteiger partial charge in [0, 0.05) is 23.0 Å². The molecule has 0 unspecified atom stereocenters. The molecule has 0 radical (unpaired) electrons. The Morgan fingerprint density at radius 1 is 0.920 bits per heavy atom. The molecule has 0 bridgehead atoms. The molecule has 4 atom stereocenters. The third kappa shape index (κ3) is 3.05. The van der Waals surface area contributed by atoms with E-state index in [1.807, 2.05) is 6.08 Å². The van der Waals surface area contributed by atoms with E-state index in [1.165, 1.54) is 16.0 Å². The number of quaternary nitrogens is 1. The first-order valence-electron chi connectivity index (χ1n) is 9.27. The van der Waals surface area contributed by atoms with Gasteiger partial charge in [-0.2, -0.15) is 0 Å². The maximum absolute atomic E-state index is 11.7. The van der Waals surface area contributed by atoms with Crippen molar-refractivity contribution in [1.29, 1.82) is 0 Å². The van der Waals surface area contributed by atoms with Crippen LogP contribution in [0.25, 0.3) is 0 Å². The number of rotatable bonds is 4. The second-order valence-corrected chi connectivity index (χ2v) is 7.58. The van der Waals surface area contributed by atoms with E-state index in [1.54, 1.807) is 0 Å². The molecule has 1 aliphatic heterocycles. The summed E-state index contributed by atoms with van der Waals surface area (Å²) in [6, 6.07) is 21.7. The van der Waals surface area contributed by atoms with Crippen molar-refractivity contribution in [1.82, 2.24) is 0 Å². The number of nitrogens with one attached hydrogen (secondary N) is 1. The van der Waals surface area contributed by atoms with Crippen LogP contribution in [0.4, 0.5) is 0 Å². The Kier molecular flexibility index (Phi) is 5.12. The number of piperidine rings is 1. The normalized spacial score (nSPS) is 35.3. The van der Waals surface area contributed by atoms with E-state index in [4.69, 9.17) is 0 Å². The Morgan fingerprint density at radius 3 is 1.68 bits per heavy atom. The van der Waals surface area contributed by atoms with Crippen molar-refractivity contribution in [2.75, 3.05) is 7.05 Å². The van der Waals surface area contributed by atoms with Gasteiger partial charge in [0.15, 0.2) is 0 Å². The molecule has 132 valence electrons. The Morgan fingerprint density at radius 2 is 1.32 bits per heavy atom. The zero-order chi connectivity index (χ0) is 18.0. The number of likely N-dealkylation sites (tertiary alicyclic amines) is 1. The van der Waals surface area contributed by atoms with Crippen LogP contribution in [0.5, 0.6) is 0 Å². The molecule has 1 aliphatic rings. The van der Waals surface area contributed by atoms with Crippen LogP contribution in [-0.4, -0.2) is 17.8 Å². The lowest BCUT2D eigenvalue weighted by molar-refractivity contribution is -0.961. The van der Waals surface area contributed by atoms with E-state index in [-0.39, 0.29) is 23.9 Å². The van der Waals surface area contributed by atoms with E-state index in [0.717, 1.165) is 0 Å². The Balaban J connectivity index is 2.11. The Hall–Kier alpha value is -1.90. The molecular formula is C23H30NO+. The van der Waals surface area contributed by atoms with Crippen LogP contribution in [0.3, 0.4) is 0 Å². The first-order valence-corrected chi connectivity index (χ1v) is 9.27. The molecule has 2 heteroatoms. The maximum Gasteiger partial charge on any atom is 0.119 e. The number of hydrogen-bond donors (Lipinski definition) is 2. The molecule has 2 N–H and O–H groups in total. The van der Waals surface area contributed by atoms with Gasteiger partial charge in [0.05, 0.1) is 12.6 Å². The molecule has 1 heterocycles. The van der Waals surface area contributed by atoms with Crippen LogP contribution in [0.2, 0.25) is 0 Å². The van der Waals surface area contributed by atoms with Crippen molar-refractivity contribution < 1.29 is 10.0 Å². The SMILES string of the molecule is C=CCC1(O)[C@@H](C)[C@@H](c2ccccc2)[NH+](C)[C@H](c2ccccc2)[C@@H]1C. The number of benzene rings is 2. The molecule has 2 nitrogen and oxygen atoms in total. The quantitative estimate of drug-likeness (QED) is 0.820. The molecule has 1 saturated heterocycles. The largest absolute Gasteiger partial charge is 0.388 e. The van der Waals surface area contributed by atoms with Gasteiger partial charge in [0.25, 0.3) is 0 Å². The lowest BCUT2D eigenvalue weighted by Gasteiger charge is -2.53. The monoisotopic (exact) mass is 336 g/mol. The highest BCUT2D eigenvalue weighted by atomic mass is 16.3. The fraction of sp³-hybridized carbons (Fsp3) is 0.391. The lowest BCUT2D eigenvalue weighted by Crippen LogP contribution is -3.13. The molecule has 2 aromatic rings. The second kappa shape index (κ2) is 7.15. The molecule has 0 amide bonds. The zero-order valence-corrected chi connectivity index (χ0v) is 15.5. The first kappa shape index (κ1) is 17.9. The smallest absolute Gasteiger partial charge is 0.119 e. The third-order valence-electron chi connectivity index (χ3n) is 6.35. The molecule has 0 aromatic heterocycles. The van der Waals surface area contributed by atoms with Crippen LogP contribution >= 0.6 is 0 Å². The van der Waals surface area contributed by atoms with Crippen molar-refractivity contribution in [3.8, 4) is 0 Å². The van der Waals surface area contributed by atoms with Gasteiger partial charge < -0.3 is 10.0 Å². The van der Waals surface area contributed by atoms with E-state index in [9.17, 15) is 5.11 Å².